The summed E-state index contributed by atoms with van der Waals surface area (Å²) in [4.78, 5) is 79.6. The van der Waals surface area contributed by atoms with Crippen LogP contribution < -0.4 is 15.5 Å². The van der Waals surface area contributed by atoms with Crippen molar-refractivity contribution in [3.8, 4) is 11.8 Å². The first-order valence-electron chi connectivity index (χ1n) is 22.7. The van der Waals surface area contributed by atoms with Crippen LogP contribution in [0.15, 0.2) is 67.1 Å². The van der Waals surface area contributed by atoms with Crippen molar-refractivity contribution in [2.24, 2.45) is 5.92 Å². The van der Waals surface area contributed by atoms with E-state index in [2.05, 4.69) is 37.3 Å². The first-order chi connectivity index (χ1) is 30.3. The highest BCUT2D eigenvalue weighted by Crippen LogP contribution is 2.30. The summed E-state index contributed by atoms with van der Waals surface area (Å²) >= 11 is 0. The standard InChI is InChI=1S/C49H60N8O5/c58-45(21-17-38-13-11-25-50-34-38)51-26-8-7-12-37-23-28-56(29-24-37)48(61)40-18-20-44(52-35-40)55-32-30-54(31-33-55)27-9-5-3-1-2-4-6-14-39-15-10-16-41-42(39)36-57(49(41)62)43-19-22-46(59)53-47(43)60/h10-11,13,15-18,20-21,25,34-35,37,43H,1-5,7-9,12,19,22-24,26-33,36H2,(H,51,58)(H,53,59,60)/b21-17+. The Balaban J connectivity index is 0.715. The summed E-state index contributed by atoms with van der Waals surface area (Å²) in [7, 11) is 0. The van der Waals surface area contributed by atoms with Crippen LogP contribution in [0.4, 0.5) is 5.82 Å². The van der Waals surface area contributed by atoms with E-state index in [0.29, 0.717) is 36.6 Å². The van der Waals surface area contributed by atoms with Gasteiger partial charge in [-0.3, -0.25) is 39.2 Å². The second-order valence-corrected chi connectivity index (χ2v) is 16.9. The van der Waals surface area contributed by atoms with Crippen LogP contribution in [0.25, 0.3) is 6.08 Å². The van der Waals surface area contributed by atoms with Gasteiger partial charge in [0.05, 0.1) is 5.56 Å². The van der Waals surface area contributed by atoms with E-state index in [-0.39, 0.29) is 30.0 Å². The van der Waals surface area contributed by atoms with E-state index in [1.54, 1.807) is 41.7 Å². The zero-order valence-corrected chi connectivity index (χ0v) is 35.9. The van der Waals surface area contributed by atoms with Crippen LogP contribution in [-0.4, -0.2) is 113 Å². The molecule has 3 saturated heterocycles. The molecule has 62 heavy (non-hydrogen) atoms. The third-order valence-electron chi connectivity index (χ3n) is 12.6. The van der Waals surface area contributed by atoms with Gasteiger partial charge in [-0.1, -0.05) is 56.1 Å². The Morgan fingerprint density at radius 1 is 0.855 bits per heavy atom. The summed E-state index contributed by atoms with van der Waals surface area (Å²) in [5.74, 6) is 7.25. The zero-order chi connectivity index (χ0) is 43.1. The Hall–Kier alpha value is -5.87. The van der Waals surface area contributed by atoms with Crippen LogP contribution in [0.1, 0.15) is 121 Å². The number of nitrogens with one attached hydrogen (secondary N) is 2. The molecular formula is C49H60N8O5. The van der Waals surface area contributed by atoms with Crippen molar-refractivity contribution in [2.75, 3.05) is 57.3 Å². The lowest BCUT2D eigenvalue weighted by Crippen LogP contribution is -2.52. The van der Waals surface area contributed by atoms with E-state index >= 15 is 0 Å². The van der Waals surface area contributed by atoms with Crippen LogP contribution >= 0.6 is 0 Å². The smallest absolute Gasteiger partial charge is 0.255 e. The van der Waals surface area contributed by atoms with E-state index in [9.17, 15) is 24.0 Å². The van der Waals surface area contributed by atoms with E-state index in [1.807, 2.05) is 41.3 Å². The zero-order valence-electron chi connectivity index (χ0n) is 35.9. The van der Waals surface area contributed by atoms with Crippen molar-refractivity contribution >= 4 is 41.4 Å². The number of imide groups is 1. The van der Waals surface area contributed by atoms with Gasteiger partial charge in [0.2, 0.25) is 17.7 Å². The Labute approximate surface area is 365 Å². The molecule has 3 fully saturated rings. The number of unbranched alkanes of at least 4 members (excludes halogenated alkanes) is 6. The second kappa shape index (κ2) is 22.3. The number of pyridine rings is 2. The summed E-state index contributed by atoms with van der Waals surface area (Å²) in [5, 5.41) is 5.32. The van der Waals surface area contributed by atoms with Crippen LogP contribution in [0.2, 0.25) is 0 Å². The lowest BCUT2D eigenvalue weighted by Gasteiger charge is -2.35. The molecule has 7 rings (SSSR count). The third-order valence-corrected chi connectivity index (χ3v) is 12.6. The van der Waals surface area contributed by atoms with Crippen molar-refractivity contribution in [3.63, 3.8) is 0 Å². The van der Waals surface area contributed by atoms with E-state index in [1.165, 1.54) is 19.3 Å². The normalized spacial score (nSPS) is 18.4. The topological polar surface area (TPSA) is 148 Å². The Morgan fingerprint density at radius 2 is 1.68 bits per heavy atom. The summed E-state index contributed by atoms with van der Waals surface area (Å²) in [5.41, 5.74) is 3.87. The van der Waals surface area contributed by atoms with E-state index in [0.717, 1.165) is 120 Å². The molecule has 1 unspecified atom stereocenters. The fraction of sp³-hybridized carbons (Fsp3) is 0.490. The largest absolute Gasteiger partial charge is 0.354 e. The first-order valence-corrected chi connectivity index (χ1v) is 22.7. The number of hydrogen-bond acceptors (Lipinski definition) is 9. The van der Waals surface area contributed by atoms with Crippen LogP contribution in [-0.2, 0) is 20.9 Å². The minimum Gasteiger partial charge on any atom is -0.354 e. The number of benzene rings is 1. The number of piperidine rings is 2. The fourth-order valence-electron chi connectivity index (χ4n) is 8.92. The van der Waals surface area contributed by atoms with E-state index in [4.69, 9.17) is 4.98 Å². The van der Waals surface area contributed by atoms with Gasteiger partial charge >= 0.3 is 0 Å². The molecule has 1 aromatic carbocycles. The number of piperazine rings is 1. The Morgan fingerprint density at radius 3 is 2.45 bits per heavy atom. The van der Waals surface area contributed by atoms with Crippen molar-refractivity contribution in [1.29, 1.82) is 0 Å². The number of hydrogen-bond donors (Lipinski definition) is 2. The van der Waals surface area contributed by atoms with Crippen LogP contribution in [0.5, 0.6) is 0 Å². The maximum absolute atomic E-state index is 13.3. The van der Waals surface area contributed by atoms with Gasteiger partial charge in [-0.15, -0.1) is 0 Å². The van der Waals surface area contributed by atoms with Gasteiger partial charge in [0.1, 0.15) is 11.9 Å². The summed E-state index contributed by atoms with van der Waals surface area (Å²) in [6.07, 6.45) is 20.8. The van der Waals surface area contributed by atoms with Crippen molar-refractivity contribution in [3.05, 3.63) is 94.9 Å². The van der Waals surface area contributed by atoms with Gasteiger partial charge in [0, 0.05) is 101 Å². The number of amides is 5. The monoisotopic (exact) mass is 840 g/mol. The molecule has 0 spiro atoms. The molecule has 1 atom stereocenters. The van der Waals surface area contributed by atoms with Crippen LogP contribution in [0, 0.1) is 17.8 Å². The molecule has 4 aliphatic heterocycles. The number of rotatable bonds is 17. The Bertz CT molecular complexity index is 2110. The van der Waals surface area contributed by atoms with Crippen molar-refractivity contribution < 1.29 is 24.0 Å². The van der Waals surface area contributed by atoms with Crippen molar-refractivity contribution in [1.82, 2.24) is 35.3 Å². The SMILES string of the molecule is O=C(/C=C/c1cccnc1)NCCCCC1CCN(C(=O)c2ccc(N3CCN(CCCCCCCC#Cc4cccc5c4CN(C4CCC(=O)NC4=O)C5=O)CC3)nc2)CC1. The molecule has 2 aromatic heterocycles. The average molecular weight is 841 g/mol. The van der Waals surface area contributed by atoms with Gasteiger partial charge in [-0.25, -0.2) is 4.98 Å². The number of aromatic nitrogens is 2. The highest BCUT2D eigenvalue weighted by atomic mass is 16.2. The Kier molecular flexibility index (Phi) is 15.9. The summed E-state index contributed by atoms with van der Waals surface area (Å²) in [6.45, 7) is 7.52. The molecule has 0 saturated carbocycles. The van der Waals surface area contributed by atoms with Crippen molar-refractivity contribution in [2.45, 2.75) is 96.1 Å². The molecule has 5 amide bonds. The quantitative estimate of drug-likeness (QED) is 0.0767. The number of carbonyl (C=O) groups is 5. The minimum absolute atomic E-state index is 0.0673. The molecule has 13 nitrogen and oxygen atoms in total. The first kappa shape index (κ1) is 44.2. The molecule has 4 aliphatic rings. The predicted molar refractivity (Wildman–Crippen MR) is 239 cm³/mol. The molecule has 6 heterocycles. The second-order valence-electron chi connectivity index (χ2n) is 16.9. The molecule has 0 bridgehead atoms. The molecule has 13 heteroatoms. The van der Waals surface area contributed by atoms with Gasteiger partial charge in [0.25, 0.3) is 11.8 Å². The molecule has 326 valence electrons. The molecular weight excluding hydrogens is 781 g/mol. The number of likely N-dealkylation sites (tertiary alicyclic amines) is 1. The molecule has 0 aliphatic carbocycles. The summed E-state index contributed by atoms with van der Waals surface area (Å²) in [6, 6.07) is 12.7. The maximum atomic E-state index is 13.3. The van der Waals surface area contributed by atoms with Gasteiger partial charge in [-0.05, 0) is 98.5 Å². The summed E-state index contributed by atoms with van der Waals surface area (Å²) < 4.78 is 0. The number of anilines is 1. The number of fused-ring (bicyclic) bond motifs is 1. The van der Waals surface area contributed by atoms with Crippen LogP contribution in [0.3, 0.4) is 0 Å². The number of carbonyl (C=O) groups excluding carboxylic acids is 5. The minimum atomic E-state index is -0.621. The molecule has 2 N–H and O–H groups in total. The van der Waals surface area contributed by atoms with Gasteiger partial charge in [0.15, 0.2) is 0 Å². The predicted octanol–water partition coefficient (Wildman–Crippen LogP) is 5.60. The molecule has 0 radical (unpaired) electrons. The highest BCUT2D eigenvalue weighted by molar-refractivity contribution is 6.05. The van der Waals surface area contributed by atoms with E-state index < -0.39 is 11.9 Å². The number of nitrogens with zero attached hydrogens (tertiary/aromatic N) is 6. The molecule has 3 aromatic rings. The highest BCUT2D eigenvalue weighted by Gasteiger charge is 2.39. The lowest BCUT2D eigenvalue weighted by atomic mass is 9.91. The van der Waals surface area contributed by atoms with Gasteiger partial charge < -0.3 is 20.0 Å². The lowest BCUT2D eigenvalue weighted by molar-refractivity contribution is -0.137. The fourth-order valence-corrected chi connectivity index (χ4v) is 8.92. The average Bonchev–Trinajstić information content (AvgIpc) is 3.64. The van der Waals surface area contributed by atoms with Gasteiger partial charge in [-0.2, -0.15) is 0 Å². The third kappa shape index (κ3) is 12.2. The maximum Gasteiger partial charge on any atom is 0.255 e.